The van der Waals surface area contributed by atoms with Gasteiger partial charge in [0.2, 0.25) is 0 Å². The van der Waals surface area contributed by atoms with Gasteiger partial charge in [0, 0.05) is 9.75 Å². The highest BCUT2D eigenvalue weighted by Crippen LogP contribution is 2.26. The quantitative estimate of drug-likeness (QED) is 0.614. The van der Waals surface area contributed by atoms with Crippen molar-refractivity contribution in [3.05, 3.63) is 34.0 Å². The van der Waals surface area contributed by atoms with Crippen LogP contribution in [0.25, 0.3) is 0 Å². The van der Waals surface area contributed by atoms with Crippen LogP contribution in [0.1, 0.15) is 35.9 Å². The summed E-state index contributed by atoms with van der Waals surface area (Å²) in [6.45, 7) is 6.52. The zero-order valence-corrected chi connectivity index (χ0v) is 8.82. The molecular formula is C11H16S. The highest BCUT2D eigenvalue weighted by molar-refractivity contribution is 7.12. The molecule has 0 aliphatic rings. The third-order valence-corrected chi connectivity index (χ3v) is 3.20. The lowest BCUT2D eigenvalue weighted by Crippen LogP contribution is -1.85. The van der Waals surface area contributed by atoms with Crippen LogP contribution in [0.15, 0.2) is 24.3 Å². The summed E-state index contributed by atoms with van der Waals surface area (Å²) in [5.41, 5.74) is 0. The summed E-state index contributed by atoms with van der Waals surface area (Å²) in [5, 5.41) is 0. The van der Waals surface area contributed by atoms with Gasteiger partial charge in [-0.2, -0.15) is 0 Å². The summed E-state index contributed by atoms with van der Waals surface area (Å²) >= 11 is 1.91. The second-order valence-corrected chi connectivity index (χ2v) is 4.47. The predicted molar refractivity (Wildman–Crippen MR) is 56.9 cm³/mol. The molecule has 0 amide bonds. The van der Waals surface area contributed by atoms with E-state index in [-0.39, 0.29) is 0 Å². The molecule has 1 heterocycles. The van der Waals surface area contributed by atoms with E-state index in [1.165, 1.54) is 9.75 Å². The van der Waals surface area contributed by atoms with Gasteiger partial charge in [0.1, 0.15) is 0 Å². The minimum Gasteiger partial charge on any atom is -0.145 e. The van der Waals surface area contributed by atoms with Gasteiger partial charge in [0.25, 0.3) is 0 Å². The van der Waals surface area contributed by atoms with Crippen LogP contribution in [-0.2, 0) is 0 Å². The summed E-state index contributed by atoms with van der Waals surface area (Å²) in [6.07, 6.45) is 5.52. The predicted octanol–water partition coefficient (Wildman–Crippen LogP) is 4.13. The van der Waals surface area contributed by atoms with E-state index >= 15 is 0 Å². The summed E-state index contributed by atoms with van der Waals surface area (Å²) < 4.78 is 0. The first-order valence-corrected chi connectivity index (χ1v) is 5.23. The van der Waals surface area contributed by atoms with Gasteiger partial charge in [-0.3, -0.25) is 0 Å². The minimum absolute atomic E-state index is 0.680. The fourth-order valence-corrected chi connectivity index (χ4v) is 2.12. The number of hydrogen-bond acceptors (Lipinski definition) is 1. The van der Waals surface area contributed by atoms with Crippen LogP contribution < -0.4 is 0 Å². The Bertz CT molecular complexity index is 258. The Morgan fingerprint density at radius 2 is 2.25 bits per heavy atom. The first-order chi connectivity index (χ1) is 5.74. The van der Waals surface area contributed by atoms with Crippen molar-refractivity contribution in [2.24, 2.45) is 0 Å². The van der Waals surface area contributed by atoms with E-state index in [1.54, 1.807) is 0 Å². The molecule has 0 aliphatic carbocycles. The Balaban J connectivity index is 2.58. The molecule has 0 saturated carbocycles. The standard InChI is InChI=1S/C11H16S/c1-4-5-6-9(2)11-8-7-10(3)12-11/h4-5,7-9H,6H2,1-3H3/b5-4-. The van der Waals surface area contributed by atoms with Gasteiger partial charge < -0.3 is 0 Å². The van der Waals surface area contributed by atoms with Crippen molar-refractivity contribution >= 4 is 11.3 Å². The fraction of sp³-hybridized carbons (Fsp3) is 0.455. The van der Waals surface area contributed by atoms with E-state index in [2.05, 4.69) is 45.1 Å². The van der Waals surface area contributed by atoms with E-state index in [4.69, 9.17) is 0 Å². The van der Waals surface area contributed by atoms with Gasteiger partial charge in [-0.15, -0.1) is 11.3 Å². The fourth-order valence-electron chi connectivity index (χ4n) is 1.17. The maximum absolute atomic E-state index is 2.28. The van der Waals surface area contributed by atoms with Crippen LogP contribution >= 0.6 is 11.3 Å². The van der Waals surface area contributed by atoms with E-state index in [0.29, 0.717) is 5.92 Å². The van der Waals surface area contributed by atoms with Crippen molar-refractivity contribution in [2.75, 3.05) is 0 Å². The molecule has 0 spiro atoms. The van der Waals surface area contributed by atoms with Crippen LogP contribution in [0.4, 0.5) is 0 Å². The Labute approximate surface area is 78.9 Å². The van der Waals surface area contributed by atoms with Gasteiger partial charge in [-0.25, -0.2) is 0 Å². The van der Waals surface area contributed by atoms with E-state index in [9.17, 15) is 0 Å². The monoisotopic (exact) mass is 180 g/mol. The molecular weight excluding hydrogens is 164 g/mol. The molecule has 0 radical (unpaired) electrons. The SMILES string of the molecule is C/C=C\CC(C)c1ccc(C)s1. The third kappa shape index (κ3) is 2.49. The van der Waals surface area contributed by atoms with Gasteiger partial charge in [-0.05, 0) is 38.3 Å². The van der Waals surface area contributed by atoms with E-state index < -0.39 is 0 Å². The second-order valence-electron chi connectivity index (χ2n) is 3.15. The number of aryl methyl sites for hydroxylation is 1. The van der Waals surface area contributed by atoms with Crippen LogP contribution in [0.3, 0.4) is 0 Å². The molecule has 12 heavy (non-hydrogen) atoms. The smallest absolute Gasteiger partial charge is 0.00793 e. The second kappa shape index (κ2) is 4.46. The molecule has 66 valence electrons. The minimum atomic E-state index is 0.680. The molecule has 0 N–H and O–H groups in total. The highest BCUT2D eigenvalue weighted by Gasteiger charge is 2.04. The van der Waals surface area contributed by atoms with Crippen molar-refractivity contribution in [2.45, 2.75) is 33.1 Å². The Kier molecular flexibility index (Phi) is 3.54. The zero-order chi connectivity index (χ0) is 8.97. The maximum Gasteiger partial charge on any atom is 0.00793 e. The average molecular weight is 180 g/mol. The molecule has 1 heteroatoms. The van der Waals surface area contributed by atoms with Gasteiger partial charge >= 0.3 is 0 Å². The lowest BCUT2D eigenvalue weighted by Gasteiger charge is -2.04. The number of thiophene rings is 1. The summed E-state index contributed by atoms with van der Waals surface area (Å²) in [5.74, 6) is 0.680. The van der Waals surface area contributed by atoms with Gasteiger partial charge in [0.15, 0.2) is 0 Å². The zero-order valence-electron chi connectivity index (χ0n) is 8.00. The maximum atomic E-state index is 2.28. The number of rotatable bonds is 3. The molecule has 0 nitrogen and oxygen atoms in total. The Hall–Kier alpha value is -0.560. The molecule has 1 rings (SSSR count). The molecule has 0 bridgehead atoms. The van der Waals surface area contributed by atoms with E-state index in [1.807, 2.05) is 11.3 Å². The van der Waals surface area contributed by atoms with E-state index in [0.717, 1.165) is 6.42 Å². The molecule has 0 fully saturated rings. The Morgan fingerprint density at radius 1 is 1.50 bits per heavy atom. The van der Waals surface area contributed by atoms with Crippen LogP contribution in [-0.4, -0.2) is 0 Å². The summed E-state index contributed by atoms with van der Waals surface area (Å²) in [7, 11) is 0. The molecule has 1 unspecified atom stereocenters. The van der Waals surface area contributed by atoms with Crippen molar-refractivity contribution in [3.63, 3.8) is 0 Å². The lowest BCUT2D eigenvalue weighted by molar-refractivity contribution is 0.797. The third-order valence-electron chi connectivity index (χ3n) is 1.97. The number of hydrogen-bond donors (Lipinski definition) is 0. The number of allylic oxidation sites excluding steroid dienone is 2. The first kappa shape index (κ1) is 9.53. The molecule has 1 aromatic rings. The van der Waals surface area contributed by atoms with Crippen molar-refractivity contribution < 1.29 is 0 Å². The molecule has 0 aromatic carbocycles. The molecule has 1 atom stereocenters. The van der Waals surface area contributed by atoms with Crippen molar-refractivity contribution in [3.8, 4) is 0 Å². The molecule has 0 aliphatic heterocycles. The Morgan fingerprint density at radius 3 is 2.75 bits per heavy atom. The largest absolute Gasteiger partial charge is 0.145 e. The van der Waals surface area contributed by atoms with Gasteiger partial charge in [-0.1, -0.05) is 19.1 Å². The highest BCUT2D eigenvalue weighted by atomic mass is 32.1. The van der Waals surface area contributed by atoms with Crippen LogP contribution in [0.2, 0.25) is 0 Å². The topological polar surface area (TPSA) is 0 Å². The first-order valence-electron chi connectivity index (χ1n) is 4.41. The van der Waals surface area contributed by atoms with Crippen molar-refractivity contribution in [1.82, 2.24) is 0 Å². The van der Waals surface area contributed by atoms with Crippen LogP contribution in [0, 0.1) is 6.92 Å². The average Bonchev–Trinajstić information content (AvgIpc) is 2.47. The lowest BCUT2D eigenvalue weighted by atomic mass is 10.1. The van der Waals surface area contributed by atoms with Crippen LogP contribution in [0.5, 0.6) is 0 Å². The molecule has 0 saturated heterocycles. The summed E-state index contributed by atoms with van der Waals surface area (Å²) in [4.78, 5) is 2.92. The van der Waals surface area contributed by atoms with Crippen molar-refractivity contribution in [1.29, 1.82) is 0 Å². The molecule has 1 aromatic heterocycles. The summed E-state index contributed by atoms with van der Waals surface area (Å²) in [6, 6.07) is 4.44. The van der Waals surface area contributed by atoms with Gasteiger partial charge in [0.05, 0.1) is 0 Å². The normalized spacial score (nSPS) is 13.9.